The first-order valence-electron chi connectivity index (χ1n) is 3.46. The molecule has 0 aromatic heterocycles. The minimum atomic E-state index is 0.171. The summed E-state index contributed by atoms with van der Waals surface area (Å²) in [5.41, 5.74) is 5.39. The van der Waals surface area contributed by atoms with E-state index < -0.39 is 0 Å². The highest BCUT2D eigenvalue weighted by Crippen LogP contribution is 2.36. The largest absolute Gasteiger partial charge is 0.330 e. The Morgan fingerprint density at radius 1 is 1.78 bits per heavy atom. The number of hydrogen-bond donors (Lipinski definition) is 1. The van der Waals surface area contributed by atoms with Gasteiger partial charge in [-0.2, -0.15) is 0 Å². The minimum absolute atomic E-state index is 0.171. The quantitative estimate of drug-likeness (QED) is 0.602. The van der Waals surface area contributed by atoms with Gasteiger partial charge in [0, 0.05) is 12.5 Å². The van der Waals surface area contributed by atoms with Crippen LogP contribution in [0.4, 0.5) is 0 Å². The van der Waals surface area contributed by atoms with Gasteiger partial charge in [0.05, 0.1) is 0 Å². The second kappa shape index (κ2) is 2.48. The van der Waals surface area contributed by atoms with Crippen molar-refractivity contribution in [3.63, 3.8) is 0 Å². The molecule has 0 amide bonds. The first-order chi connectivity index (χ1) is 4.25. The maximum atomic E-state index is 10.8. The lowest BCUT2D eigenvalue weighted by atomic mass is 10.0. The van der Waals surface area contributed by atoms with E-state index in [4.69, 9.17) is 5.73 Å². The topological polar surface area (TPSA) is 43.1 Å². The predicted molar refractivity (Wildman–Crippen MR) is 35.9 cm³/mol. The van der Waals surface area contributed by atoms with E-state index >= 15 is 0 Å². The highest BCUT2D eigenvalue weighted by Gasteiger charge is 2.32. The van der Waals surface area contributed by atoms with E-state index in [0.717, 1.165) is 0 Å². The van der Waals surface area contributed by atoms with Gasteiger partial charge in [-0.3, -0.25) is 4.79 Å². The van der Waals surface area contributed by atoms with Gasteiger partial charge in [0.2, 0.25) is 0 Å². The SMILES string of the molecule is CC(=O)[C@@H](CN)C1CC1. The third kappa shape index (κ3) is 1.52. The summed E-state index contributed by atoms with van der Waals surface area (Å²) in [5.74, 6) is 1.07. The van der Waals surface area contributed by atoms with Gasteiger partial charge in [0.1, 0.15) is 5.78 Å². The van der Waals surface area contributed by atoms with Gasteiger partial charge in [0.15, 0.2) is 0 Å². The van der Waals surface area contributed by atoms with Crippen LogP contribution in [0.25, 0.3) is 0 Å². The molecule has 1 aliphatic carbocycles. The normalized spacial score (nSPS) is 21.6. The van der Waals surface area contributed by atoms with Crippen molar-refractivity contribution in [1.82, 2.24) is 0 Å². The summed E-state index contributed by atoms with van der Waals surface area (Å²) < 4.78 is 0. The first-order valence-corrected chi connectivity index (χ1v) is 3.46. The Kier molecular flexibility index (Phi) is 1.86. The van der Waals surface area contributed by atoms with Crippen molar-refractivity contribution in [3.8, 4) is 0 Å². The summed E-state index contributed by atoms with van der Waals surface area (Å²) in [7, 11) is 0. The van der Waals surface area contributed by atoms with E-state index in [2.05, 4.69) is 0 Å². The van der Waals surface area contributed by atoms with Gasteiger partial charge < -0.3 is 5.73 Å². The van der Waals surface area contributed by atoms with Gasteiger partial charge in [0.25, 0.3) is 0 Å². The fourth-order valence-electron chi connectivity index (χ4n) is 1.19. The van der Waals surface area contributed by atoms with Crippen LogP contribution in [0.1, 0.15) is 19.8 Å². The predicted octanol–water partition coefficient (Wildman–Crippen LogP) is 0.560. The van der Waals surface area contributed by atoms with Crippen LogP contribution in [0.15, 0.2) is 0 Å². The van der Waals surface area contributed by atoms with Crippen molar-refractivity contribution in [1.29, 1.82) is 0 Å². The lowest BCUT2D eigenvalue weighted by Gasteiger charge is -2.06. The van der Waals surface area contributed by atoms with Gasteiger partial charge in [-0.15, -0.1) is 0 Å². The molecule has 1 rings (SSSR count). The average molecular weight is 127 g/mol. The van der Waals surface area contributed by atoms with Crippen LogP contribution in [0.3, 0.4) is 0 Å². The molecule has 9 heavy (non-hydrogen) atoms. The smallest absolute Gasteiger partial charge is 0.134 e. The Morgan fingerprint density at radius 2 is 2.33 bits per heavy atom. The first kappa shape index (κ1) is 6.75. The molecule has 2 heteroatoms. The zero-order chi connectivity index (χ0) is 6.85. The Labute approximate surface area is 55.4 Å². The number of Topliss-reactive ketones (excluding diaryl/α,β-unsaturated/α-hetero) is 1. The Bertz CT molecular complexity index is 118. The molecule has 1 saturated carbocycles. The molecule has 0 aromatic rings. The molecule has 1 aliphatic rings. The minimum Gasteiger partial charge on any atom is -0.330 e. The van der Waals surface area contributed by atoms with Gasteiger partial charge in [-0.1, -0.05) is 0 Å². The van der Waals surface area contributed by atoms with Crippen molar-refractivity contribution in [2.75, 3.05) is 6.54 Å². The zero-order valence-electron chi connectivity index (χ0n) is 5.76. The van der Waals surface area contributed by atoms with Crippen molar-refractivity contribution in [2.24, 2.45) is 17.6 Å². The fourth-order valence-corrected chi connectivity index (χ4v) is 1.19. The highest BCUT2D eigenvalue weighted by molar-refractivity contribution is 5.79. The fraction of sp³-hybridized carbons (Fsp3) is 0.857. The van der Waals surface area contributed by atoms with Crippen LogP contribution < -0.4 is 5.73 Å². The highest BCUT2D eigenvalue weighted by atomic mass is 16.1. The summed E-state index contributed by atoms with van der Waals surface area (Å²) in [6, 6.07) is 0. The molecule has 0 unspecified atom stereocenters. The number of rotatable bonds is 3. The van der Waals surface area contributed by atoms with Crippen molar-refractivity contribution < 1.29 is 4.79 Å². The lowest BCUT2D eigenvalue weighted by molar-refractivity contribution is -0.121. The lowest BCUT2D eigenvalue weighted by Crippen LogP contribution is -2.23. The Balaban J connectivity index is 2.37. The van der Waals surface area contributed by atoms with E-state index in [-0.39, 0.29) is 11.7 Å². The number of carbonyl (C=O) groups is 1. The van der Waals surface area contributed by atoms with Gasteiger partial charge in [-0.05, 0) is 25.7 Å². The van der Waals surface area contributed by atoms with E-state index in [1.54, 1.807) is 6.92 Å². The van der Waals surface area contributed by atoms with E-state index in [1.807, 2.05) is 0 Å². The molecule has 0 bridgehead atoms. The molecule has 0 aromatic carbocycles. The second-order valence-corrected chi connectivity index (χ2v) is 2.79. The third-order valence-corrected chi connectivity index (χ3v) is 1.97. The van der Waals surface area contributed by atoms with Crippen molar-refractivity contribution in [3.05, 3.63) is 0 Å². The summed E-state index contributed by atoms with van der Waals surface area (Å²) in [6.45, 7) is 2.18. The third-order valence-electron chi connectivity index (χ3n) is 1.97. The average Bonchev–Trinajstić information content (AvgIpc) is 2.50. The van der Waals surface area contributed by atoms with Gasteiger partial charge in [-0.25, -0.2) is 0 Å². The molecule has 2 nitrogen and oxygen atoms in total. The van der Waals surface area contributed by atoms with Crippen LogP contribution in [0.2, 0.25) is 0 Å². The molecule has 1 atom stereocenters. The van der Waals surface area contributed by atoms with E-state index in [9.17, 15) is 4.79 Å². The molecule has 2 N–H and O–H groups in total. The monoisotopic (exact) mass is 127 g/mol. The second-order valence-electron chi connectivity index (χ2n) is 2.79. The summed E-state index contributed by atoms with van der Waals surface area (Å²) in [4.78, 5) is 10.8. The Morgan fingerprint density at radius 3 is 2.44 bits per heavy atom. The maximum absolute atomic E-state index is 10.8. The van der Waals surface area contributed by atoms with Crippen molar-refractivity contribution in [2.45, 2.75) is 19.8 Å². The summed E-state index contributed by atoms with van der Waals surface area (Å²) in [6.07, 6.45) is 2.42. The maximum Gasteiger partial charge on any atom is 0.134 e. The molecule has 0 radical (unpaired) electrons. The van der Waals surface area contributed by atoms with Crippen molar-refractivity contribution >= 4 is 5.78 Å². The molecule has 0 heterocycles. The Hall–Kier alpha value is -0.370. The zero-order valence-corrected chi connectivity index (χ0v) is 5.76. The van der Waals surface area contributed by atoms with Crippen LogP contribution >= 0.6 is 0 Å². The molecule has 0 aliphatic heterocycles. The summed E-state index contributed by atoms with van der Waals surface area (Å²) >= 11 is 0. The molecule has 1 fully saturated rings. The summed E-state index contributed by atoms with van der Waals surface area (Å²) in [5, 5.41) is 0. The molecule has 0 saturated heterocycles. The number of hydrogen-bond acceptors (Lipinski definition) is 2. The van der Waals surface area contributed by atoms with Crippen LogP contribution in [0, 0.1) is 11.8 Å². The molecule has 0 spiro atoms. The number of carbonyl (C=O) groups excluding carboxylic acids is 1. The molecule has 52 valence electrons. The van der Waals surface area contributed by atoms with E-state index in [0.29, 0.717) is 12.5 Å². The van der Waals surface area contributed by atoms with Crippen LogP contribution in [-0.4, -0.2) is 12.3 Å². The number of ketones is 1. The van der Waals surface area contributed by atoms with E-state index in [1.165, 1.54) is 12.8 Å². The van der Waals surface area contributed by atoms with Crippen LogP contribution in [-0.2, 0) is 4.79 Å². The van der Waals surface area contributed by atoms with Crippen LogP contribution in [0.5, 0.6) is 0 Å². The molecular formula is C7H13NO. The number of nitrogens with two attached hydrogens (primary N) is 1. The van der Waals surface area contributed by atoms with Gasteiger partial charge >= 0.3 is 0 Å². The standard InChI is InChI=1S/C7H13NO/c1-5(9)7(4-8)6-2-3-6/h6-7H,2-4,8H2,1H3/t7-/m1/s1. The molecular weight excluding hydrogens is 114 g/mol.